The molecule has 2 radical (unpaired) electrons. The van der Waals surface area contributed by atoms with E-state index in [0.717, 1.165) is 36.1 Å². The second kappa shape index (κ2) is 14.9. The molecule has 1 saturated heterocycles. The number of carbonyl (C=O) groups is 3. The van der Waals surface area contributed by atoms with Crippen molar-refractivity contribution in [2.45, 2.75) is 57.1 Å². The minimum absolute atomic E-state index is 0.00959. The molecule has 0 bridgehead atoms. The monoisotopic (exact) mass is 535 g/mol. The van der Waals surface area contributed by atoms with Gasteiger partial charge < -0.3 is 15.4 Å². The maximum Gasteiger partial charge on any atom is 0.232 e. The van der Waals surface area contributed by atoms with Crippen LogP contribution in [0, 0.1) is 0 Å². The number of nitrogens with one attached hydrogen (secondary N) is 2. The fourth-order valence-electron chi connectivity index (χ4n) is 4.81. The van der Waals surface area contributed by atoms with Gasteiger partial charge in [-0.1, -0.05) is 72.8 Å². The molecule has 7 nitrogen and oxygen atoms in total. The lowest BCUT2D eigenvalue weighted by Crippen LogP contribution is -2.31. The zero-order valence-corrected chi connectivity index (χ0v) is 22.6. The Bertz CT molecular complexity index is 1310. The fraction of sp³-hybridized carbons (Fsp3) is 0.312. The maximum atomic E-state index is 13.4. The van der Waals surface area contributed by atoms with E-state index in [1.165, 1.54) is 0 Å². The van der Waals surface area contributed by atoms with Gasteiger partial charge in [-0.3, -0.25) is 19.4 Å². The van der Waals surface area contributed by atoms with E-state index in [2.05, 4.69) is 15.6 Å². The van der Waals surface area contributed by atoms with E-state index in [1.54, 1.807) is 0 Å². The molecule has 1 heterocycles. The Morgan fingerprint density at radius 2 is 1.68 bits per heavy atom. The van der Waals surface area contributed by atoms with Gasteiger partial charge in [-0.25, -0.2) is 0 Å². The number of nitrogens with zero attached hydrogens (tertiary/aromatic N) is 1. The number of Topliss-reactive ketones (excluding diaryl/α,β-unsaturated/α-hetero) is 1. The second-order valence-corrected chi connectivity index (χ2v) is 9.98. The number of anilines is 1. The van der Waals surface area contributed by atoms with Gasteiger partial charge in [-0.2, -0.15) is 0 Å². The van der Waals surface area contributed by atoms with Crippen LogP contribution in [0.2, 0.25) is 0 Å². The van der Waals surface area contributed by atoms with Crippen LogP contribution < -0.4 is 10.6 Å². The molecule has 1 aliphatic rings. The highest BCUT2D eigenvalue weighted by Gasteiger charge is 2.21. The summed E-state index contributed by atoms with van der Waals surface area (Å²) in [5.41, 5.74) is 3.47. The minimum Gasteiger partial charge on any atom is -0.378 e. The van der Waals surface area contributed by atoms with Crippen molar-refractivity contribution >= 4 is 36.9 Å². The summed E-state index contributed by atoms with van der Waals surface area (Å²) in [6.07, 6.45) is 3.71. The van der Waals surface area contributed by atoms with Crippen molar-refractivity contribution in [1.82, 2.24) is 5.32 Å². The van der Waals surface area contributed by atoms with Crippen LogP contribution in [0.1, 0.15) is 54.7 Å². The number of ketones is 1. The second-order valence-electron chi connectivity index (χ2n) is 9.98. The third-order valence-corrected chi connectivity index (χ3v) is 6.85. The van der Waals surface area contributed by atoms with Gasteiger partial charge in [0, 0.05) is 18.7 Å². The Hall–Kier alpha value is -4.04. The number of amidine groups is 1. The molecule has 1 aliphatic heterocycles. The number of hydrogen-bond acceptors (Lipinski definition) is 5. The first-order valence-electron chi connectivity index (χ1n) is 13.7. The van der Waals surface area contributed by atoms with Gasteiger partial charge >= 0.3 is 0 Å². The average Bonchev–Trinajstić information content (AvgIpc) is 3.48. The Kier molecular flexibility index (Phi) is 10.8. The van der Waals surface area contributed by atoms with Crippen LogP contribution in [0.25, 0.3) is 0 Å². The summed E-state index contributed by atoms with van der Waals surface area (Å²) in [5, 5.41) is 5.53. The molecular formula is C32H34BN3O4. The summed E-state index contributed by atoms with van der Waals surface area (Å²) >= 11 is 0. The van der Waals surface area contributed by atoms with E-state index in [1.807, 2.05) is 84.9 Å². The molecule has 4 rings (SSSR count). The lowest BCUT2D eigenvalue weighted by atomic mass is 9.91. The topological polar surface area (TPSA) is 96.9 Å². The number of ether oxygens (including phenoxy) is 1. The Morgan fingerprint density at radius 1 is 0.950 bits per heavy atom. The summed E-state index contributed by atoms with van der Waals surface area (Å²) in [6.45, 7) is 0.957. The van der Waals surface area contributed by atoms with Crippen molar-refractivity contribution in [2.75, 3.05) is 11.9 Å². The Balaban J connectivity index is 1.41. The average molecular weight is 535 g/mol. The zero-order valence-electron chi connectivity index (χ0n) is 22.6. The van der Waals surface area contributed by atoms with Crippen LogP contribution in [0.4, 0.5) is 10.5 Å². The third-order valence-electron chi connectivity index (χ3n) is 6.85. The van der Waals surface area contributed by atoms with Crippen molar-refractivity contribution in [3.05, 3.63) is 102 Å². The largest absolute Gasteiger partial charge is 0.378 e. The van der Waals surface area contributed by atoms with Crippen molar-refractivity contribution in [3.8, 4) is 0 Å². The van der Waals surface area contributed by atoms with Gasteiger partial charge in [-0.15, -0.1) is 0 Å². The van der Waals surface area contributed by atoms with E-state index in [0.29, 0.717) is 24.9 Å². The minimum atomic E-state index is -0.767. The summed E-state index contributed by atoms with van der Waals surface area (Å²) in [6, 6.07) is 27.1. The van der Waals surface area contributed by atoms with Crippen molar-refractivity contribution in [2.24, 2.45) is 4.99 Å². The van der Waals surface area contributed by atoms with E-state index >= 15 is 0 Å². The lowest BCUT2D eigenvalue weighted by Gasteiger charge is -2.18. The van der Waals surface area contributed by atoms with Gasteiger partial charge in [0.2, 0.25) is 13.8 Å². The first-order chi connectivity index (χ1) is 19.5. The highest BCUT2D eigenvalue weighted by molar-refractivity contribution is 6.58. The molecule has 204 valence electrons. The molecule has 2 atom stereocenters. The fourth-order valence-corrected chi connectivity index (χ4v) is 4.81. The van der Waals surface area contributed by atoms with Crippen molar-refractivity contribution in [1.29, 1.82) is 0 Å². The number of benzene rings is 3. The van der Waals surface area contributed by atoms with Crippen LogP contribution >= 0.6 is 0 Å². The molecule has 0 aliphatic carbocycles. The van der Waals surface area contributed by atoms with E-state index in [-0.39, 0.29) is 42.5 Å². The molecule has 40 heavy (non-hydrogen) atoms. The molecule has 2 amide bonds. The third kappa shape index (κ3) is 9.31. The summed E-state index contributed by atoms with van der Waals surface area (Å²) in [7, 11) is 5.31. The lowest BCUT2D eigenvalue weighted by molar-refractivity contribution is -0.119. The molecule has 2 N–H and O–H groups in total. The Morgan fingerprint density at radius 3 is 2.38 bits per heavy atom. The standard InChI is InChI=1S/C32H34BN3O4/c33-32(39)36-30(21-27(37)16-17-28-15-8-18-40-28)34-22-24-11-7-14-26(19-24)35-31(38)29(25-12-5-2-6-13-25)20-23-9-3-1-4-10-23/h1-7,9-14,19,28-29H,8,15-18,20-22H2,(H,35,38)(H,34,36,39). The highest BCUT2D eigenvalue weighted by atomic mass is 16.5. The van der Waals surface area contributed by atoms with Gasteiger partial charge in [0.25, 0.3) is 0 Å². The molecule has 2 unspecified atom stereocenters. The van der Waals surface area contributed by atoms with E-state index in [9.17, 15) is 14.4 Å². The Labute approximate surface area is 236 Å². The van der Waals surface area contributed by atoms with Crippen molar-refractivity contribution < 1.29 is 19.1 Å². The van der Waals surface area contributed by atoms with E-state index < -0.39 is 5.81 Å². The zero-order chi connectivity index (χ0) is 28.2. The number of rotatable bonds is 12. The first kappa shape index (κ1) is 29.0. The summed E-state index contributed by atoms with van der Waals surface area (Å²) in [4.78, 5) is 41.9. The first-order valence-corrected chi connectivity index (χ1v) is 13.7. The van der Waals surface area contributed by atoms with Crippen LogP contribution in [0.5, 0.6) is 0 Å². The maximum absolute atomic E-state index is 13.4. The normalized spacial score (nSPS) is 15.8. The molecule has 0 saturated carbocycles. The predicted octanol–water partition coefficient (Wildman–Crippen LogP) is 5.35. The number of amides is 2. The van der Waals surface area contributed by atoms with E-state index in [4.69, 9.17) is 12.6 Å². The van der Waals surface area contributed by atoms with Crippen LogP contribution in [-0.4, -0.2) is 43.9 Å². The summed E-state index contributed by atoms with van der Waals surface area (Å²) < 4.78 is 5.58. The van der Waals surface area contributed by atoms with Crippen LogP contribution in [-0.2, 0) is 27.3 Å². The van der Waals surface area contributed by atoms with Gasteiger partial charge in [0.15, 0.2) is 5.81 Å². The highest BCUT2D eigenvalue weighted by Crippen LogP contribution is 2.24. The molecule has 1 fully saturated rings. The number of carbonyl (C=O) groups excluding carboxylic acids is 3. The number of aliphatic imine (C=N–C) groups is 1. The smallest absolute Gasteiger partial charge is 0.232 e. The SMILES string of the molecule is [B]C(=O)NC(CC(=O)CCC1CCCO1)=NCc1cccc(NC(=O)C(Cc2ccccc2)c2ccccc2)c1. The number of hydrogen-bond donors (Lipinski definition) is 2. The molecule has 8 heteroatoms. The van der Waals surface area contributed by atoms with Crippen LogP contribution in [0.3, 0.4) is 0 Å². The molecule has 3 aromatic rings. The predicted molar refractivity (Wildman–Crippen MR) is 158 cm³/mol. The van der Waals surface area contributed by atoms with Crippen LogP contribution in [0.15, 0.2) is 89.9 Å². The van der Waals surface area contributed by atoms with Gasteiger partial charge in [-0.05, 0) is 54.5 Å². The molecule has 3 aromatic carbocycles. The van der Waals surface area contributed by atoms with Gasteiger partial charge in [0.1, 0.15) is 11.6 Å². The quantitative estimate of drug-likeness (QED) is 0.186. The molecule has 0 aromatic heterocycles. The molecular weight excluding hydrogens is 501 g/mol. The van der Waals surface area contributed by atoms with Gasteiger partial charge in [0.05, 0.1) is 25.0 Å². The van der Waals surface area contributed by atoms with Crippen molar-refractivity contribution in [3.63, 3.8) is 0 Å². The molecule has 0 spiro atoms. The summed E-state index contributed by atoms with van der Waals surface area (Å²) in [5.74, 6) is -1.04.